The summed E-state index contributed by atoms with van der Waals surface area (Å²) in [6, 6.07) is 18.7. The molecule has 0 saturated heterocycles. The number of rotatable bonds is 5. The second-order valence-corrected chi connectivity index (χ2v) is 4.33. The van der Waals surface area contributed by atoms with Crippen LogP contribution in [0.3, 0.4) is 0 Å². The van der Waals surface area contributed by atoms with E-state index in [1.165, 1.54) is 11.1 Å². The summed E-state index contributed by atoms with van der Waals surface area (Å²) < 4.78 is 5.48. The maximum atomic E-state index is 5.48. The van der Waals surface area contributed by atoms with Crippen molar-refractivity contribution in [2.24, 2.45) is 0 Å². The van der Waals surface area contributed by atoms with Gasteiger partial charge in [-0.1, -0.05) is 42.5 Å². The van der Waals surface area contributed by atoms with E-state index in [2.05, 4.69) is 49.0 Å². The molecule has 0 N–H and O–H groups in total. The van der Waals surface area contributed by atoms with Crippen LogP contribution < -0.4 is 4.74 Å². The molecule has 1 nitrogen and oxygen atoms in total. The van der Waals surface area contributed by atoms with Crippen LogP contribution in [0.15, 0.2) is 54.6 Å². The molecule has 0 spiro atoms. The van der Waals surface area contributed by atoms with Gasteiger partial charge in [0.15, 0.2) is 0 Å². The van der Waals surface area contributed by atoms with Gasteiger partial charge in [0.2, 0.25) is 0 Å². The first kappa shape index (κ1) is 12.1. The molecule has 88 valence electrons. The monoisotopic (exact) mass is 244 g/mol. The highest BCUT2D eigenvalue weighted by Crippen LogP contribution is 2.15. The molecule has 2 aromatic rings. The molecule has 0 heterocycles. The van der Waals surface area contributed by atoms with E-state index in [1.807, 2.05) is 18.2 Å². The Hall–Kier alpha value is -1.41. The minimum Gasteiger partial charge on any atom is -0.493 e. The Labute approximate surface area is 108 Å². The third kappa shape index (κ3) is 3.82. The number of thiol groups is 1. The molecule has 0 aliphatic carbocycles. The number of hydrogen-bond acceptors (Lipinski definition) is 2. The fraction of sp³-hybridized carbons (Fsp3) is 0.200. The lowest BCUT2D eigenvalue weighted by Gasteiger charge is -2.06. The summed E-state index contributed by atoms with van der Waals surface area (Å²) in [5.74, 6) is 1.65. The van der Waals surface area contributed by atoms with Gasteiger partial charge < -0.3 is 4.74 Å². The first-order chi connectivity index (χ1) is 8.38. The van der Waals surface area contributed by atoms with Crippen LogP contribution in [0.25, 0.3) is 0 Å². The smallest absolute Gasteiger partial charge is 0.119 e. The molecule has 0 aromatic heterocycles. The lowest BCUT2D eigenvalue weighted by molar-refractivity contribution is 0.344. The molecule has 0 bridgehead atoms. The summed E-state index contributed by atoms with van der Waals surface area (Å²) in [5.41, 5.74) is 2.63. The molecule has 0 saturated carbocycles. The van der Waals surface area contributed by atoms with E-state index in [9.17, 15) is 0 Å². The minimum atomic E-state index is 0.654. The zero-order valence-electron chi connectivity index (χ0n) is 9.67. The van der Waals surface area contributed by atoms with Gasteiger partial charge in [0, 0.05) is 5.75 Å². The SMILES string of the molecule is SCCOc1ccc(Cc2ccccc2)cc1. The number of benzene rings is 2. The Morgan fingerprint density at radius 2 is 1.47 bits per heavy atom. The van der Waals surface area contributed by atoms with E-state index in [-0.39, 0.29) is 0 Å². The van der Waals surface area contributed by atoms with Crippen molar-refractivity contribution in [3.63, 3.8) is 0 Å². The van der Waals surface area contributed by atoms with E-state index in [0.717, 1.165) is 17.9 Å². The highest BCUT2D eigenvalue weighted by molar-refractivity contribution is 7.80. The van der Waals surface area contributed by atoms with Crippen LogP contribution in [-0.4, -0.2) is 12.4 Å². The highest BCUT2D eigenvalue weighted by atomic mass is 32.1. The van der Waals surface area contributed by atoms with Crippen LogP contribution in [-0.2, 0) is 6.42 Å². The van der Waals surface area contributed by atoms with Gasteiger partial charge in [-0.05, 0) is 29.7 Å². The Bertz CT molecular complexity index is 436. The average molecular weight is 244 g/mol. The van der Waals surface area contributed by atoms with Crippen LogP contribution >= 0.6 is 12.6 Å². The summed E-state index contributed by atoms with van der Waals surface area (Å²) >= 11 is 4.11. The summed E-state index contributed by atoms with van der Waals surface area (Å²) in [5, 5.41) is 0. The van der Waals surface area contributed by atoms with E-state index in [4.69, 9.17) is 4.74 Å². The molecule has 0 radical (unpaired) electrons. The molecule has 0 atom stereocenters. The third-order valence-corrected chi connectivity index (χ3v) is 2.72. The van der Waals surface area contributed by atoms with Gasteiger partial charge in [0.05, 0.1) is 6.61 Å². The average Bonchev–Trinajstić information content (AvgIpc) is 2.39. The third-order valence-electron chi connectivity index (χ3n) is 2.53. The predicted molar refractivity (Wildman–Crippen MR) is 75.0 cm³/mol. The second-order valence-electron chi connectivity index (χ2n) is 3.88. The van der Waals surface area contributed by atoms with Gasteiger partial charge in [-0.15, -0.1) is 0 Å². The van der Waals surface area contributed by atoms with Crippen LogP contribution in [0.5, 0.6) is 5.75 Å². The van der Waals surface area contributed by atoms with Gasteiger partial charge in [-0.25, -0.2) is 0 Å². The van der Waals surface area contributed by atoms with E-state index in [0.29, 0.717) is 6.61 Å². The van der Waals surface area contributed by atoms with Gasteiger partial charge >= 0.3 is 0 Å². The fourth-order valence-corrected chi connectivity index (χ4v) is 1.79. The quantitative estimate of drug-likeness (QED) is 0.791. The summed E-state index contributed by atoms with van der Waals surface area (Å²) in [6.45, 7) is 0.654. The first-order valence-electron chi connectivity index (χ1n) is 5.75. The van der Waals surface area contributed by atoms with Crippen LogP contribution in [0.4, 0.5) is 0 Å². The van der Waals surface area contributed by atoms with Gasteiger partial charge in [0.25, 0.3) is 0 Å². The number of hydrogen-bond donors (Lipinski definition) is 1. The molecule has 2 rings (SSSR count). The molecular weight excluding hydrogens is 228 g/mol. The van der Waals surface area contributed by atoms with Crippen molar-refractivity contribution >= 4 is 12.6 Å². The van der Waals surface area contributed by atoms with Crippen molar-refractivity contribution in [3.05, 3.63) is 65.7 Å². The van der Waals surface area contributed by atoms with Gasteiger partial charge in [-0.3, -0.25) is 0 Å². The van der Waals surface area contributed by atoms with Gasteiger partial charge in [0.1, 0.15) is 5.75 Å². The standard InChI is InChI=1S/C15H16OS/c17-11-10-16-15-8-6-14(7-9-15)12-13-4-2-1-3-5-13/h1-9,17H,10-12H2. The van der Waals surface area contributed by atoms with Crippen molar-refractivity contribution in [2.45, 2.75) is 6.42 Å². The van der Waals surface area contributed by atoms with Crippen LogP contribution in [0.2, 0.25) is 0 Å². The maximum absolute atomic E-state index is 5.48. The zero-order valence-corrected chi connectivity index (χ0v) is 10.6. The fourth-order valence-electron chi connectivity index (χ4n) is 1.70. The van der Waals surface area contributed by atoms with E-state index < -0.39 is 0 Å². The van der Waals surface area contributed by atoms with Crippen molar-refractivity contribution in [2.75, 3.05) is 12.4 Å². The topological polar surface area (TPSA) is 9.23 Å². The highest BCUT2D eigenvalue weighted by Gasteiger charge is 1.97. The Morgan fingerprint density at radius 1 is 0.824 bits per heavy atom. The Morgan fingerprint density at radius 3 is 2.12 bits per heavy atom. The molecule has 0 unspecified atom stereocenters. The normalized spacial score (nSPS) is 10.2. The Kier molecular flexibility index (Phi) is 4.51. The molecule has 0 amide bonds. The molecule has 2 aromatic carbocycles. The molecule has 17 heavy (non-hydrogen) atoms. The van der Waals surface area contributed by atoms with Gasteiger partial charge in [-0.2, -0.15) is 12.6 Å². The van der Waals surface area contributed by atoms with Crippen molar-refractivity contribution < 1.29 is 4.74 Å². The first-order valence-corrected chi connectivity index (χ1v) is 6.38. The lowest BCUT2D eigenvalue weighted by Crippen LogP contribution is -1.98. The minimum absolute atomic E-state index is 0.654. The van der Waals surface area contributed by atoms with Crippen molar-refractivity contribution in [3.8, 4) is 5.75 Å². The molecule has 0 aliphatic rings. The molecule has 0 fully saturated rings. The lowest BCUT2D eigenvalue weighted by atomic mass is 10.1. The summed E-state index contributed by atoms with van der Waals surface area (Å²) in [6.07, 6.45) is 0.966. The molecule has 0 aliphatic heterocycles. The second kappa shape index (κ2) is 6.36. The number of ether oxygens (including phenoxy) is 1. The van der Waals surface area contributed by atoms with E-state index in [1.54, 1.807) is 0 Å². The van der Waals surface area contributed by atoms with E-state index >= 15 is 0 Å². The van der Waals surface area contributed by atoms with Crippen LogP contribution in [0.1, 0.15) is 11.1 Å². The largest absolute Gasteiger partial charge is 0.493 e. The predicted octanol–water partition coefficient (Wildman–Crippen LogP) is 3.59. The summed E-state index contributed by atoms with van der Waals surface area (Å²) in [4.78, 5) is 0. The zero-order chi connectivity index (χ0) is 11.9. The van der Waals surface area contributed by atoms with Crippen molar-refractivity contribution in [1.29, 1.82) is 0 Å². The summed E-state index contributed by atoms with van der Waals surface area (Å²) in [7, 11) is 0. The maximum Gasteiger partial charge on any atom is 0.119 e. The van der Waals surface area contributed by atoms with Crippen molar-refractivity contribution in [1.82, 2.24) is 0 Å². The van der Waals surface area contributed by atoms with Crippen LogP contribution in [0, 0.1) is 0 Å². The molecule has 2 heteroatoms. The Balaban J connectivity index is 1.98. The molecular formula is C15H16OS.